The molecule has 0 aliphatic rings. The van der Waals surface area contributed by atoms with Gasteiger partial charge in [0, 0.05) is 13.1 Å². The van der Waals surface area contributed by atoms with Crippen LogP contribution in [0.15, 0.2) is 18.2 Å². The monoisotopic (exact) mass is 236 g/mol. The van der Waals surface area contributed by atoms with E-state index in [1.807, 2.05) is 6.07 Å². The summed E-state index contributed by atoms with van der Waals surface area (Å²) in [7, 11) is 0. The minimum Gasteiger partial charge on any atom is -0.462 e. The molecule has 0 aliphatic heterocycles. The maximum atomic E-state index is 11.5. The summed E-state index contributed by atoms with van der Waals surface area (Å²) in [6, 6.07) is 5.29. The van der Waals surface area contributed by atoms with E-state index in [1.54, 1.807) is 19.1 Å². The summed E-state index contributed by atoms with van der Waals surface area (Å²) in [5.74, 6) is -0.328. The van der Waals surface area contributed by atoms with Crippen molar-refractivity contribution in [3.05, 3.63) is 23.8 Å². The highest BCUT2D eigenvalue weighted by atomic mass is 16.5. The molecule has 0 aromatic heterocycles. The van der Waals surface area contributed by atoms with E-state index in [-0.39, 0.29) is 5.97 Å². The van der Waals surface area contributed by atoms with Crippen molar-refractivity contribution in [2.75, 3.05) is 30.3 Å². The number of ether oxygens (including phenoxy) is 1. The van der Waals surface area contributed by atoms with Crippen LogP contribution in [0.3, 0.4) is 0 Å². The van der Waals surface area contributed by atoms with Crippen molar-refractivity contribution in [3.8, 4) is 0 Å². The van der Waals surface area contributed by atoms with E-state index < -0.39 is 0 Å². The van der Waals surface area contributed by atoms with Crippen LogP contribution >= 0.6 is 0 Å². The fourth-order valence-corrected chi connectivity index (χ4v) is 1.75. The zero-order valence-corrected chi connectivity index (χ0v) is 10.7. The number of carbonyl (C=O) groups is 1. The van der Waals surface area contributed by atoms with E-state index in [4.69, 9.17) is 10.5 Å². The van der Waals surface area contributed by atoms with Gasteiger partial charge in [-0.05, 0) is 39.0 Å². The second-order valence-corrected chi connectivity index (χ2v) is 3.67. The Kier molecular flexibility index (Phi) is 4.82. The third-order valence-electron chi connectivity index (χ3n) is 2.64. The third kappa shape index (κ3) is 3.12. The highest BCUT2D eigenvalue weighted by molar-refractivity contribution is 5.92. The van der Waals surface area contributed by atoms with Crippen LogP contribution in [0, 0.1) is 0 Å². The summed E-state index contributed by atoms with van der Waals surface area (Å²) in [6.07, 6.45) is 0. The molecule has 0 bridgehead atoms. The number of rotatable bonds is 5. The molecule has 94 valence electrons. The average Bonchev–Trinajstić information content (AvgIpc) is 2.32. The number of anilines is 2. The summed E-state index contributed by atoms with van der Waals surface area (Å²) in [5, 5.41) is 0. The Bertz CT molecular complexity index is 387. The maximum Gasteiger partial charge on any atom is 0.338 e. The smallest absolute Gasteiger partial charge is 0.338 e. The molecule has 4 nitrogen and oxygen atoms in total. The molecule has 0 spiro atoms. The largest absolute Gasteiger partial charge is 0.462 e. The van der Waals surface area contributed by atoms with Crippen LogP contribution in [0.5, 0.6) is 0 Å². The van der Waals surface area contributed by atoms with Crippen LogP contribution in [0.25, 0.3) is 0 Å². The van der Waals surface area contributed by atoms with Gasteiger partial charge in [0.25, 0.3) is 0 Å². The van der Waals surface area contributed by atoms with Crippen molar-refractivity contribution in [3.63, 3.8) is 0 Å². The van der Waals surface area contributed by atoms with Crippen LogP contribution < -0.4 is 10.6 Å². The summed E-state index contributed by atoms with van der Waals surface area (Å²) in [4.78, 5) is 13.7. The van der Waals surface area contributed by atoms with E-state index in [0.29, 0.717) is 17.9 Å². The second kappa shape index (κ2) is 6.13. The Morgan fingerprint density at radius 1 is 1.29 bits per heavy atom. The van der Waals surface area contributed by atoms with Crippen molar-refractivity contribution in [2.24, 2.45) is 0 Å². The fraction of sp³-hybridized carbons (Fsp3) is 0.462. The minimum absolute atomic E-state index is 0.328. The van der Waals surface area contributed by atoms with Gasteiger partial charge in [-0.2, -0.15) is 0 Å². The molecule has 1 aromatic rings. The molecule has 4 heteroatoms. The first-order chi connectivity index (χ1) is 8.13. The SMILES string of the molecule is CCOC(=O)c1ccc(N(CC)CC)c(N)c1. The number of hydrogen-bond donors (Lipinski definition) is 1. The lowest BCUT2D eigenvalue weighted by Crippen LogP contribution is -2.23. The molecular weight excluding hydrogens is 216 g/mol. The topological polar surface area (TPSA) is 55.6 Å². The zero-order valence-electron chi connectivity index (χ0n) is 10.7. The van der Waals surface area contributed by atoms with Crippen LogP contribution in [0.2, 0.25) is 0 Å². The van der Waals surface area contributed by atoms with Gasteiger partial charge in [-0.3, -0.25) is 0 Å². The first-order valence-corrected chi connectivity index (χ1v) is 5.95. The molecule has 0 unspecified atom stereocenters. The number of benzene rings is 1. The van der Waals surface area contributed by atoms with E-state index in [0.717, 1.165) is 18.8 Å². The van der Waals surface area contributed by atoms with E-state index in [2.05, 4.69) is 18.7 Å². The maximum absolute atomic E-state index is 11.5. The molecule has 0 aliphatic carbocycles. The van der Waals surface area contributed by atoms with Crippen molar-refractivity contribution >= 4 is 17.3 Å². The van der Waals surface area contributed by atoms with Gasteiger partial charge in [0.1, 0.15) is 0 Å². The van der Waals surface area contributed by atoms with Gasteiger partial charge >= 0.3 is 5.97 Å². The van der Waals surface area contributed by atoms with Gasteiger partial charge in [-0.15, -0.1) is 0 Å². The van der Waals surface area contributed by atoms with Crippen molar-refractivity contribution in [2.45, 2.75) is 20.8 Å². The molecule has 0 amide bonds. The first-order valence-electron chi connectivity index (χ1n) is 5.95. The van der Waals surface area contributed by atoms with Gasteiger partial charge in [-0.1, -0.05) is 0 Å². The number of nitrogens with zero attached hydrogens (tertiary/aromatic N) is 1. The van der Waals surface area contributed by atoms with E-state index in [1.165, 1.54) is 0 Å². The molecular formula is C13H20N2O2. The summed E-state index contributed by atoms with van der Waals surface area (Å²) in [5.41, 5.74) is 8.03. The van der Waals surface area contributed by atoms with Crippen LogP contribution in [0.4, 0.5) is 11.4 Å². The van der Waals surface area contributed by atoms with E-state index >= 15 is 0 Å². The normalized spacial score (nSPS) is 10.1. The summed E-state index contributed by atoms with van der Waals surface area (Å²) < 4.78 is 4.93. The molecule has 0 saturated carbocycles. The molecule has 0 heterocycles. The van der Waals surface area contributed by atoms with Crippen LogP contribution in [0.1, 0.15) is 31.1 Å². The molecule has 17 heavy (non-hydrogen) atoms. The molecule has 1 rings (SSSR count). The third-order valence-corrected chi connectivity index (χ3v) is 2.64. The lowest BCUT2D eigenvalue weighted by molar-refractivity contribution is 0.0526. The van der Waals surface area contributed by atoms with Gasteiger partial charge in [0.15, 0.2) is 0 Å². The number of esters is 1. The molecule has 0 saturated heterocycles. The number of hydrogen-bond acceptors (Lipinski definition) is 4. The summed E-state index contributed by atoms with van der Waals surface area (Å²) >= 11 is 0. The number of nitrogen functional groups attached to an aromatic ring is 1. The first kappa shape index (κ1) is 13.4. The Morgan fingerprint density at radius 3 is 2.41 bits per heavy atom. The number of carbonyl (C=O) groups excluding carboxylic acids is 1. The molecule has 1 aromatic carbocycles. The van der Waals surface area contributed by atoms with Gasteiger partial charge in [-0.25, -0.2) is 4.79 Å². The minimum atomic E-state index is -0.328. The Balaban J connectivity index is 2.97. The van der Waals surface area contributed by atoms with E-state index in [9.17, 15) is 4.79 Å². The summed E-state index contributed by atoms with van der Waals surface area (Å²) in [6.45, 7) is 8.07. The molecule has 0 fully saturated rings. The molecule has 0 radical (unpaired) electrons. The van der Waals surface area contributed by atoms with Crippen molar-refractivity contribution in [1.29, 1.82) is 0 Å². The quantitative estimate of drug-likeness (QED) is 0.629. The predicted octanol–water partition coefficient (Wildman–Crippen LogP) is 2.29. The molecule has 2 N–H and O–H groups in total. The Labute approximate surface area is 102 Å². The highest BCUT2D eigenvalue weighted by Gasteiger charge is 2.11. The van der Waals surface area contributed by atoms with Gasteiger partial charge < -0.3 is 15.4 Å². The van der Waals surface area contributed by atoms with Crippen LogP contribution in [-0.2, 0) is 4.74 Å². The van der Waals surface area contributed by atoms with Gasteiger partial charge in [0.05, 0.1) is 23.5 Å². The standard InChI is InChI=1S/C13H20N2O2/c1-4-15(5-2)12-8-7-10(9-11(12)14)13(16)17-6-3/h7-9H,4-6,14H2,1-3H3. The second-order valence-electron chi connectivity index (χ2n) is 3.67. The van der Waals surface area contributed by atoms with Crippen molar-refractivity contribution < 1.29 is 9.53 Å². The van der Waals surface area contributed by atoms with Crippen LogP contribution in [-0.4, -0.2) is 25.7 Å². The zero-order chi connectivity index (χ0) is 12.8. The average molecular weight is 236 g/mol. The Morgan fingerprint density at radius 2 is 1.94 bits per heavy atom. The van der Waals surface area contributed by atoms with Gasteiger partial charge in [0.2, 0.25) is 0 Å². The van der Waals surface area contributed by atoms with Crippen molar-refractivity contribution in [1.82, 2.24) is 0 Å². The predicted molar refractivity (Wildman–Crippen MR) is 70.4 cm³/mol. The molecule has 0 atom stereocenters. The fourth-order valence-electron chi connectivity index (χ4n) is 1.75. The Hall–Kier alpha value is -1.71. The lowest BCUT2D eigenvalue weighted by Gasteiger charge is -2.22. The lowest BCUT2D eigenvalue weighted by atomic mass is 10.1. The number of nitrogens with two attached hydrogens (primary N) is 1. The highest BCUT2D eigenvalue weighted by Crippen LogP contribution is 2.24.